The highest BCUT2D eigenvalue weighted by Crippen LogP contribution is 2.48. The molecule has 160 valence electrons. The fourth-order valence-corrected chi connectivity index (χ4v) is 4.30. The summed E-state index contributed by atoms with van der Waals surface area (Å²) >= 11 is 6.07. The third kappa shape index (κ3) is 4.37. The Hall–Kier alpha value is -3.05. The van der Waals surface area contributed by atoms with Crippen molar-refractivity contribution >= 4 is 23.4 Å². The van der Waals surface area contributed by atoms with Crippen LogP contribution >= 0.6 is 11.6 Å². The van der Waals surface area contributed by atoms with Crippen molar-refractivity contribution in [2.24, 2.45) is 11.1 Å². The molecule has 6 heteroatoms. The molecule has 0 unspecified atom stereocenters. The van der Waals surface area contributed by atoms with Gasteiger partial charge in [-0.3, -0.25) is 4.79 Å². The summed E-state index contributed by atoms with van der Waals surface area (Å²) in [6.45, 7) is 4.12. The quantitative estimate of drug-likeness (QED) is 0.680. The fraction of sp³-hybridized carbons (Fsp3) is 0.280. The first-order valence-corrected chi connectivity index (χ1v) is 10.5. The Labute approximate surface area is 186 Å². The van der Waals surface area contributed by atoms with E-state index in [9.17, 15) is 9.59 Å². The normalized spacial score (nSPS) is 20.2. The Morgan fingerprint density at radius 2 is 1.81 bits per heavy atom. The van der Waals surface area contributed by atoms with Crippen LogP contribution in [0.15, 0.2) is 77.4 Å². The number of nitrogens with two attached hydrogens (primary N) is 1. The van der Waals surface area contributed by atoms with Crippen LogP contribution in [0.3, 0.4) is 0 Å². The Bertz CT molecular complexity index is 1080. The minimum atomic E-state index is -0.659. The predicted octanol–water partition coefficient (Wildman–Crippen LogP) is 5.01. The number of hydrogen-bond acceptors (Lipinski definition) is 5. The molecule has 0 saturated heterocycles. The molecule has 2 aliphatic rings. The van der Waals surface area contributed by atoms with Gasteiger partial charge in [-0.05, 0) is 28.7 Å². The van der Waals surface area contributed by atoms with E-state index in [0.29, 0.717) is 29.2 Å². The molecule has 2 aromatic carbocycles. The maximum absolute atomic E-state index is 13.2. The molecular weight excluding hydrogens is 414 g/mol. The fourth-order valence-electron chi connectivity index (χ4n) is 4.17. The lowest BCUT2D eigenvalue weighted by molar-refractivity contribution is -0.141. The van der Waals surface area contributed by atoms with E-state index in [2.05, 4.69) is 0 Å². The summed E-state index contributed by atoms with van der Waals surface area (Å²) in [7, 11) is 0. The number of carbonyl (C=O) groups is 2. The summed E-state index contributed by atoms with van der Waals surface area (Å²) < 4.78 is 11.4. The second-order valence-corrected chi connectivity index (χ2v) is 9.14. The van der Waals surface area contributed by atoms with Crippen molar-refractivity contribution in [1.29, 1.82) is 0 Å². The number of Topliss-reactive ketones (excluding diaryl/α,β-unsaturated/α-hetero) is 1. The average Bonchev–Trinajstić information content (AvgIpc) is 2.71. The third-order valence-corrected chi connectivity index (χ3v) is 5.84. The number of hydrogen-bond donors (Lipinski definition) is 1. The van der Waals surface area contributed by atoms with Crippen molar-refractivity contribution in [3.8, 4) is 0 Å². The molecule has 2 N–H and O–H groups in total. The highest BCUT2D eigenvalue weighted by atomic mass is 35.5. The van der Waals surface area contributed by atoms with Crippen LogP contribution in [0.4, 0.5) is 0 Å². The molecular formula is C25H24ClNO4. The molecule has 0 fully saturated rings. The van der Waals surface area contributed by atoms with Crippen molar-refractivity contribution in [3.63, 3.8) is 0 Å². The van der Waals surface area contributed by atoms with Crippen LogP contribution in [0.25, 0.3) is 0 Å². The summed E-state index contributed by atoms with van der Waals surface area (Å²) in [5.41, 5.74) is 8.20. The van der Waals surface area contributed by atoms with Gasteiger partial charge < -0.3 is 15.2 Å². The molecule has 31 heavy (non-hydrogen) atoms. The van der Waals surface area contributed by atoms with Crippen LogP contribution in [0.5, 0.6) is 0 Å². The largest absolute Gasteiger partial charge is 0.457 e. The third-order valence-electron chi connectivity index (χ3n) is 5.59. The minimum absolute atomic E-state index is 0.0257. The Morgan fingerprint density at radius 3 is 2.48 bits per heavy atom. The Balaban J connectivity index is 1.73. The lowest BCUT2D eigenvalue weighted by atomic mass is 9.70. The van der Waals surface area contributed by atoms with Crippen molar-refractivity contribution in [2.45, 2.75) is 39.2 Å². The van der Waals surface area contributed by atoms with Gasteiger partial charge in [-0.2, -0.15) is 0 Å². The van der Waals surface area contributed by atoms with Gasteiger partial charge in [0.25, 0.3) is 0 Å². The highest BCUT2D eigenvalue weighted by molar-refractivity contribution is 6.30. The van der Waals surface area contributed by atoms with Gasteiger partial charge in [0, 0.05) is 23.4 Å². The molecule has 0 radical (unpaired) electrons. The first kappa shape index (κ1) is 21.2. The Morgan fingerprint density at radius 1 is 1.13 bits per heavy atom. The minimum Gasteiger partial charge on any atom is -0.457 e. The van der Waals surface area contributed by atoms with Gasteiger partial charge in [0.2, 0.25) is 5.88 Å². The molecule has 0 bridgehead atoms. The van der Waals surface area contributed by atoms with Crippen LogP contribution in [-0.4, -0.2) is 11.8 Å². The van der Waals surface area contributed by atoms with Crippen molar-refractivity contribution in [2.75, 3.05) is 0 Å². The molecule has 1 aliphatic heterocycles. The second-order valence-electron chi connectivity index (χ2n) is 8.70. The molecule has 0 amide bonds. The van der Waals surface area contributed by atoms with E-state index in [4.69, 9.17) is 26.8 Å². The van der Waals surface area contributed by atoms with Gasteiger partial charge in [0.15, 0.2) is 5.78 Å². The highest BCUT2D eigenvalue weighted by Gasteiger charge is 2.45. The van der Waals surface area contributed by atoms with Gasteiger partial charge >= 0.3 is 5.97 Å². The Kier molecular flexibility index (Phi) is 5.63. The molecule has 5 nitrogen and oxygen atoms in total. The van der Waals surface area contributed by atoms with E-state index >= 15 is 0 Å². The zero-order chi connectivity index (χ0) is 22.2. The van der Waals surface area contributed by atoms with Gasteiger partial charge in [0.1, 0.15) is 17.9 Å². The van der Waals surface area contributed by atoms with Gasteiger partial charge in [0.05, 0.1) is 5.92 Å². The number of carbonyl (C=O) groups excluding carboxylic acids is 2. The van der Waals surface area contributed by atoms with Gasteiger partial charge in [-0.1, -0.05) is 67.9 Å². The molecule has 0 aromatic heterocycles. The summed E-state index contributed by atoms with van der Waals surface area (Å²) in [6, 6.07) is 16.4. The van der Waals surface area contributed by atoms with Crippen LogP contribution < -0.4 is 5.73 Å². The molecule has 4 rings (SSSR count). The molecule has 2 aromatic rings. The number of ketones is 1. The zero-order valence-electron chi connectivity index (χ0n) is 17.5. The number of benzene rings is 2. The lowest BCUT2D eigenvalue weighted by Crippen LogP contribution is -2.35. The van der Waals surface area contributed by atoms with Gasteiger partial charge in [-0.15, -0.1) is 0 Å². The smallest absolute Gasteiger partial charge is 0.340 e. The standard InChI is InChI=1S/C25H24ClNO4/c1-25(2)12-18(28)21-19(13-25)31-23(27)22(20(21)16-8-10-17(26)11-9-16)24(29)30-14-15-6-4-3-5-7-15/h3-11,20H,12-14,27H2,1-2H3/t20-/m1/s1. The van der Waals surface area contributed by atoms with E-state index in [1.54, 1.807) is 24.3 Å². The molecule has 0 saturated carbocycles. The number of ether oxygens (including phenoxy) is 2. The molecule has 1 aliphatic carbocycles. The number of esters is 1. The maximum atomic E-state index is 13.2. The number of rotatable bonds is 4. The summed E-state index contributed by atoms with van der Waals surface area (Å²) in [5, 5.41) is 0.561. The molecule has 1 atom stereocenters. The monoisotopic (exact) mass is 437 g/mol. The van der Waals surface area contributed by atoms with E-state index in [1.807, 2.05) is 44.2 Å². The summed E-state index contributed by atoms with van der Waals surface area (Å²) in [4.78, 5) is 26.3. The predicted molar refractivity (Wildman–Crippen MR) is 118 cm³/mol. The van der Waals surface area contributed by atoms with Crippen LogP contribution in [0, 0.1) is 5.41 Å². The van der Waals surface area contributed by atoms with E-state index < -0.39 is 11.9 Å². The van der Waals surface area contributed by atoms with Crippen LogP contribution in [0.1, 0.15) is 43.7 Å². The van der Waals surface area contributed by atoms with Crippen LogP contribution in [0.2, 0.25) is 5.02 Å². The van der Waals surface area contributed by atoms with E-state index in [0.717, 1.165) is 11.1 Å². The zero-order valence-corrected chi connectivity index (χ0v) is 18.2. The SMILES string of the molecule is CC1(C)CC(=O)C2=C(C1)OC(N)=C(C(=O)OCc1ccccc1)[C@@H]2c1ccc(Cl)cc1. The number of halogens is 1. The maximum Gasteiger partial charge on any atom is 0.340 e. The summed E-state index contributed by atoms with van der Waals surface area (Å²) in [5.74, 6) is -0.814. The lowest BCUT2D eigenvalue weighted by Gasteiger charge is -2.38. The van der Waals surface area contributed by atoms with Crippen molar-refractivity contribution < 1.29 is 19.1 Å². The van der Waals surface area contributed by atoms with Gasteiger partial charge in [-0.25, -0.2) is 4.79 Å². The first-order valence-electron chi connectivity index (χ1n) is 10.2. The van der Waals surface area contributed by atoms with Crippen molar-refractivity contribution in [1.82, 2.24) is 0 Å². The summed E-state index contributed by atoms with van der Waals surface area (Å²) in [6.07, 6.45) is 0.927. The molecule has 0 spiro atoms. The first-order chi connectivity index (χ1) is 14.7. The topological polar surface area (TPSA) is 78.6 Å². The van der Waals surface area contributed by atoms with E-state index in [-0.39, 0.29) is 29.3 Å². The number of allylic oxidation sites excluding steroid dienone is 2. The van der Waals surface area contributed by atoms with E-state index in [1.165, 1.54) is 0 Å². The second kappa shape index (κ2) is 8.23. The average molecular weight is 438 g/mol. The molecule has 1 heterocycles. The van der Waals surface area contributed by atoms with Crippen molar-refractivity contribution in [3.05, 3.63) is 93.5 Å². The van der Waals surface area contributed by atoms with Crippen LogP contribution in [-0.2, 0) is 25.7 Å².